The highest BCUT2D eigenvalue weighted by Crippen LogP contribution is 2.29. The minimum atomic E-state index is -0.443. The van der Waals surface area contributed by atoms with Gasteiger partial charge in [0.2, 0.25) is 5.95 Å². The highest BCUT2D eigenvalue weighted by molar-refractivity contribution is 9.10. The monoisotopic (exact) mass is 355 g/mol. The molecule has 0 saturated heterocycles. The summed E-state index contributed by atoms with van der Waals surface area (Å²) < 4.78 is 21.6. The Morgan fingerprint density at radius 1 is 1.50 bits per heavy atom. The van der Waals surface area contributed by atoms with Crippen LogP contribution in [-0.2, 0) is 6.54 Å². The predicted molar refractivity (Wildman–Crippen MR) is 81.8 cm³/mol. The van der Waals surface area contributed by atoms with Gasteiger partial charge in [0.1, 0.15) is 0 Å². The molecule has 0 atom stereocenters. The van der Waals surface area contributed by atoms with Gasteiger partial charge in [-0.25, -0.2) is 9.37 Å². The van der Waals surface area contributed by atoms with Crippen molar-refractivity contribution in [3.8, 4) is 5.75 Å². The molecular weight excluding hydrogens is 345 g/mol. The van der Waals surface area contributed by atoms with Crippen LogP contribution in [0.2, 0.25) is 0 Å². The molecule has 7 heteroatoms. The molecule has 2 heterocycles. The highest BCUT2D eigenvalue weighted by Gasteiger charge is 2.14. The summed E-state index contributed by atoms with van der Waals surface area (Å²) in [6.45, 7) is 0.579. The number of aromatic nitrogens is 2. The van der Waals surface area contributed by atoms with Gasteiger partial charge in [0.05, 0.1) is 24.7 Å². The number of halogens is 2. The second kappa shape index (κ2) is 5.06. The van der Waals surface area contributed by atoms with Crippen LogP contribution < -0.4 is 10.5 Å². The summed E-state index contributed by atoms with van der Waals surface area (Å²) in [5.41, 5.74) is 7.21. The fourth-order valence-corrected chi connectivity index (χ4v) is 3.51. The van der Waals surface area contributed by atoms with E-state index in [1.54, 1.807) is 17.4 Å². The SMILES string of the molecule is COc1cc2c(cc1F)nc(N)n2Cc1sccc1Br. The molecule has 0 aliphatic rings. The van der Waals surface area contributed by atoms with Gasteiger partial charge in [0.25, 0.3) is 0 Å². The number of imidazole rings is 1. The van der Waals surface area contributed by atoms with Crippen LogP contribution in [0.4, 0.5) is 10.3 Å². The molecule has 3 aromatic rings. The van der Waals surface area contributed by atoms with Crippen molar-refractivity contribution in [1.29, 1.82) is 0 Å². The summed E-state index contributed by atoms with van der Waals surface area (Å²) in [6, 6.07) is 4.94. The first-order valence-electron chi connectivity index (χ1n) is 5.81. The van der Waals surface area contributed by atoms with Gasteiger partial charge in [-0.1, -0.05) is 0 Å². The van der Waals surface area contributed by atoms with Crippen LogP contribution in [0.15, 0.2) is 28.1 Å². The number of ether oxygens (including phenoxy) is 1. The molecule has 0 amide bonds. The van der Waals surface area contributed by atoms with E-state index in [2.05, 4.69) is 20.9 Å². The van der Waals surface area contributed by atoms with Gasteiger partial charge in [-0.05, 0) is 27.4 Å². The number of nitrogen functional groups attached to an aromatic ring is 1. The van der Waals surface area contributed by atoms with Crippen LogP contribution >= 0.6 is 27.3 Å². The first-order chi connectivity index (χ1) is 9.60. The van der Waals surface area contributed by atoms with Crippen molar-refractivity contribution in [3.05, 3.63) is 38.7 Å². The minimum absolute atomic E-state index is 0.184. The molecule has 0 radical (unpaired) electrons. The van der Waals surface area contributed by atoms with Crippen LogP contribution in [0.1, 0.15) is 4.88 Å². The molecule has 2 aromatic heterocycles. The summed E-state index contributed by atoms with van der Waals surface area (Å²) >= 11 is 5.11. The van der Waals surface area contributed by atoms with E-state index in [1.165, 1.54) is 13.2 Å². The third-order valence-corrected chi connectivity index (χ3v) is 4.96. The van der Waals surface area contributed by atoms with Crippen LogP contribution in [0.5, 0.6) is 5.75 Å². The van der Waals surface area contributed by atoms with Crippen molar-refractivity contribution in [2.45, 2.75) is 6.54 Å². The van der Waals surface area contributed by atoms with Gasteiger partial charge >= 0.3 is 0 Å². The molecule has 0 aliphatic heterocycles. The topological polar surface area (TPSA) is 53.1 Å². The Hall–Kier alpha value is -1.60. The maximum Gasteiger partial charge on any atom is 0.201 e. The van der Waals surface area contributed by atoms with E-state index in [0.717, 1.165) is 14.9 Å². The standard InChI is InChI=1S/C13H11BrFN3OS/c1-19-11-5-10-9(4-8(11)15)17-13(16)18(10)6-12-7(14)2-3-20-12/h2-5H,6H2,1H3,(H2,16,17). The first kappa shape index (κ1) is 13.4. The number of benzene rings is 1. The lowest BCUT2D eigenvalue weighted by Gasteiger charge is -2.07. The van der Waals surface area contributed by atoms with E-state index in [0.29, 0.717) is 18.0 Å². The fraction of sp³-hybridized carbons (Fsp3) is 0.154. The molecule has 0 aliphatic carbocycles. The van der Waals surface area contributed by atoms with E-state index < -0.39 is 5.82 Å². The van der Waals surface area contributed by atoms with Gasteiger partial charge in [-0.15, -0.1) is 11.3 Å². The lowest BCUT2D eigenvalue weighted by molar-refractivity contribution is 0.387. The van der Waals surface area contributed by atoms with E-state index in [9.17, 15) is 4.39 Å². The van der Waals surface area contributed by atoms with E-state index >= 15 is 0 Å². The number of rotatable bonds is 3. The van der Waals surface area contributed by atoms with Gasteiger partial charge in [-0.3, -0.25) is 0 Å². The summed E-state index contributed by atoms with van der Waals surface area (Å²) in [4.78, 5) is 5.32. The number of methoxy groups -OCH3 is 1. The molecule has 1 aromatic carbocycles. The Balaban J connectivity index is 2.14. The molecule has 0 fully saturated rings. The molecule has 20 heavy (non-hydrogen) atoms. The van der Waals surface area contributed by atoms with Crippen LogP contribution in [0.3, 0.4) is 0 Å². The van der Waals surface area contributed by atoms with Crippen LogP contribution in [0, 0.1) is 5.82 Å². The average Bonchev–Trinajstić information content (AvgIpc) is 2.94. The lowest BCUT2D eigenvalue weighted by Crippen LogP contribution is -2.04. The maximum absolute atomic E-state index is 13.7. The second-order valence-corrected chi connectivity index (χ2v) is 6.08. The normalized spacial score (nSPS) is 11.2. The summed E-state index contributed by atoms with van der Waals surface area (Å²) in [6.07, 6.45) is 0. The molecule has 0 unspecified atom stereocenters. The molecule has 104 valence electrons. The van der Waals surface area contributed by atoms with Gasteiger partial charge in [-0.2, -0.15) is 0 Å². The summed E-state index contributed by atoms with van der Waals surface area (Å²) in [5, 5.41) is 2.00. The third kappa shape index (κ3) is 2.16. The van der Waals surface area contributed by atoms with Crippen molar-refractivity contribution in [3.63, 3.8) is 0 Å². The molecule has 4 nitrogen and oxygen atoms in total. The van der Waals surface area contributed by atoms with Gasteiger partial charge in [0.15, 0.2) is 11.6 Å². The number of nitrogens with two attached hydrogens (primary N) is 1. The molecule has 0 spiro atoms. The van der Waals surface area contributed by atoms with Crippen LogP contribution in [0.25, 0.3) is 11.0 Å². The summed E-state index contributed by atoms with van der Waals surface area (Å²) in [5.74, 6) is 0.0961. The number of fused-ring (bicyclic) bond motifs is 1. The number of nitrogens with zero attached hydrogens (tertiary/aromatic N) is 2. The number of hydrogen-bond donors (Lipinski definition) is 1. The Bertz CT molecular complexity index is 783. The van der Waals surface area contributed by atoms with Gasteiger partial charge < -0.3 is 15.0 Å². The first-order valence-corrected chi connectivity index (χ1v) is 7.48. The third-order valence-electron chi connectivity index (χ3n) is 3.04. The Morgan fingerprint density at radius 2 is 2.30 bits per heavy atom. The molecule has 3 rings (SSSR count). The molecule has 0 saturated carbocycles. The fourth-order valence-electron chi connectivity index (χ4n) is 2.05. The lowest BCUT2D eigenvalue weighted by atomic mass is 10.3. The molecule has 2 N–H and O–H groups in total. The number of hydrogen-bond acceptors (Lipinski definition) is 4. The molecule has 0 bridgehead atoms. The quantitative estimate of drug-likeness (QED) is 0.780. The maximum atomic E-state index is 13.7. The van der Waals surface area contributed by atoms with Crippen molar-refractivity contribution >= 4 is 44.2 Å². The number of anilines is 1. The highest BCUT2D eigenvalue weighted by atomic mass is 79.9. The van der Waals surface area contributed by atoms with E-state index in [1.807, 2.05) is 16.0 Å². The zero-order valence-electron chi connectivity index (χ0n) is 10.6. The average molecular weight is 356 g/mol. The van der Waals surface area contributed by atoms with Crippen molar-refractivity contribution in [1.82, 2.24) is 9.55 Å². The van der Waals surface area contributed by atoms with Crippen LogP contribution in [-0.4, -0.2) is 16.7 Å². The Labute approximate surface area is 127 Å². The zero-order valence-corrected chi connectivity index (χ0v) is 13.0. The largest absolute Gasteiger partial charge is 0.494 e. The zero-order chi connectivity index (χ0) is 14.3. The van der Waals surface area contributed by atoms with Crippen molar-refractivity contribution in [2.24, 2.45) is 0 Å². The van der Waals surface area contributed by atoms with E-state index in [-0.39, 0.29) is 5.75 Å². The van der Waals surface area contributed by atoms with Gasteiger partial charge in [0, 0.05) is 21.5 Å². The van der Waals surface area contributed by atoms with Crippen molar-refractivity contribution < 1.29 is 9.13 Å². The summed E-state index contributed by atoms with van der Waals surface area (Å²) in [7, 11) is 1.43. The second-order valence-electron chi connectivity index (χ2n) is 4.22. The Morgan fingerprint density at radius 3 is 2.95 bits per heavy atom. The number of thiophene rings is 1. The Kier molecular flexibility index (Phi) is 3.39. The minimum Gasteiger partial charge on any atom is -0.494 e. The van der Waals surface area contributed by atoms with Crippen molar-refractivity contribution in [2.75, 3.05) is 12.8 Å². The smallest absolute Gasteiger partial charge is 0.201 e. The predicted octanol–water partition coefficient (Wildman–Crippen LogP) is 3.64. The molecular formula is C13H11BrFN3OS. The van der Waals surface area contributed by atoms with E-state index in [4.69, 9.17) is 10.5 Å².